The lowest BCUT2D eigenvalue weighted by Crippen LogP contribution is -2.43. The van der Waals surface area contributed by atoms with Crippen LogP contribution in [0.5, 0.6) is 0 Å². The summed E-state index contributed by atoms with van der Waals surface area (Å²) in [5, 5.41) is 3.73. The van der Waals surface area contributed by atoms with Gasteiger partial charge in [-0.05, 0) is 43.7 Å². The van der Waals surface area contributed by atoms with Crippen LogP contribution in [-0.4, -0.2) is 37.1 Å². The van der Waals surface area contributed by atoms with Gasteiger partial charge in [-0.1, -0.05) is 27.2 Å². The second kappa shape index (κ2) is 5.05. The summed E-state index contributed by atoms with van der Waals surface area (Å²) in [5.41, 5.74) is 0.671. The predicted octanol–water partition coefficient (Wildman–Crippen LogP) is 2.50. The molecule has 16 heavy (non-hydrogen) atoms. The third kappa shape index (κ3) is 3.21. The Balaban J connectivity index is 1.87. The molecule has 1 saturated carbocycles. The predicted molar refractivity (Wildman–Crippen MR) is 69.6 cm³/mol. The topological polar surface area (TPSA) is 15.3 Å². The molecule has 1 saturated heterocycles. The van der Waals surface area contributed by atoms with Crippen LogP contribution in [-0.2, 0) is 0 Å². The molecule has 0 bridgehead atoms. The second-order valence-electron chi connectivity index (χ2n) is 6.35. The molecule has 2 heteroatoms. The van der Waals surface area contributed by atoms with Gasteiger partial charge in [0.1, 0.15) is 0 Å². The molecular formula is C14H28N2. The van der Waals surface area contributed by atoms with Crippen molar-refractivity contribution in [2.45, 2.75) is 52.5 Å². The van der Waals surface area contributed by atoms with E-state index in [9.17, 15) is 0 Å². The quantitative estimate of drug-likeness (QED) is 0.789. The van der Waals surface area contributed by atoms with Gasteiger partial charge in [-0.25, -0.2) is 0 Å². The number of hydrogen-bond acceptors (Lipinski definition) is 2. The molecule has 0 radical (unpaired) electrons. The Morgan fingerprint density at radius 2 is 2.19 bits per heavy atom. The summed E-state index contributed by atoms with van der Waals surface area (Å²) >= 11 is 0. The molecule has 1 N–H and O–H groups in total. The molecule has 1 aliphatic carbocycles. The molecule has 2 atom stereocenters. The van der Waals surface area contributed by atoms with Crippen LogP contribution in [0.25, 0.3) is 0 Å². The monoisotopic (exact) mass is 224 g/mol. The fraction of sp³-hybridized carbons (Fsp3) is 1.00. The normalized spacial score (nSPS) is 32.1. The minimum atomic E-state index is 0.671. The lowest BCUT2D eigenvalue weighted by Gasteiger charge is -2.29. The lowest BCUT2D eigenvalue weighted by molar-refractivity contribution is 0.204. The zero-order valence-electron chi connectivity index (χ0n) is 11.3. The third-order valence-electron chi connectivity index (χ3n) is 4.55. The van der Waals surface area contributed by atoms with E-state index < -0.39 is 0 Å². The van der Waals surface area contributed by atoms with Gasteiger partial charge in [0.15, 0.2) is 0 Å². The highest BCUT2D eigenvalue weighted by atomic mass is 15.2. The van der Waals surface area contributed by atoms with Crippen molar-refractivity contribution in [1.29, 1.82) is 0 Å². The van der Waals surface area contributed by atoms with Gasteiger partial charge in [0.2, 0.25) is 0 Å². The summed E-state index contributed by atoms with van der Waals surface area (Å²) in [5.74, 6) is 0.813. The molecule has 2 aliphatic rings. The first kappa shape index (κ1) is 12.4. The standard InChI is InChI=1S/C14H28N2/c1-4-12(2)13-10-16(9-5-8-15-13)11-14(3)6-7-14/h12-13,15H,4-11H2,1-3H3. The molecule has 94 valence electrons. The van der Waals surface area contributed by atoms with Crippen molar-refractivity contribution < 1.29 is 0 Å². The van der Waals surface area contributed by atoms with Crippen molar-refractivity contribution in [1.82, 2.24) is 10.2 Å². The average Bonchev–Trinajstić information content (AvgIpc) is 3.02. The number of rotatable bonds is 4. The zero-order valence-corrected chi connectivity index (χ0v) is 11.3. The van der Waals surface area contributed by atoms with Crippen molar-refractivity contribution in [3.8, 4) is 0 Å². The summed E-state index contributed by atoms with van der Waals surface area (Å²) in [6.07, 6.45) is 5.52. The highest BCUT2D eigenvalue weighted by molar-refractivity contribution is 4.93. The van der Waals surface area contributed by atoms with E-state index in [1.807, 2.05) is 0 Å². The maximum Gasteiger partial charge on any atom is 0.0220 e. The minimum Gasteiger partial charge on any atom is -0.312 e. The van der Waals surface area contributed by atoms with Gasteiger partial charge < -0.3 is 10.2 Å². The van der Waals surface area contributed by atoms with E-state index in [1.165, 1.54) is 51.9 Å². The van der Waals surface area contributed by atoms with Crippen LogP contribution in [0.1, 0.15) is 46.5 Å². The molecule has 2 unspecified atom stereocenters. The molecule has 1 heterocycles. The van der Waals surface area contributed by atoms with E-state index in [-0.39, 0.29) is 0 Å². The molecule has 0 spiro atoms. The van der Waals surface area contributed by atoms with Gasteiger partial charge >= 0.3 is 0 Å². The van der Waals surface area contributed by atoms with Crippen molar-refractivity contribution in [2.24, 2.45) is 11.3 Å². The Hall–Kier alpha value is -0.0800. The Morgan fingerprint density at radius 3 is 2.81 bits per heavy atom. The van der Waals surface area contributed by atoms with E-state index in [2.05, 4.69) is 31.0 Å². The fourth-order valence-corrected chi connectivity index (χ4v) is 2.74. The Labute approximate surface area is 101 Å². The first-order valence-electron chi connectivity index (χ1n) is 7.09. The zero-order chi connectivity index (χ0) is 11.6. The van der Waals surface area contributed by atoms with E-state index >= 15 is 0 Å². The number of hydrogen-bond donors (Lipinski definition) is 1. The van der Waals surface area contributed by atoms with Crippen LogP contribution < -0.4 is 5.32 Å². The Bertz CT molecular complexity index is 223. The first-order valence-corrected chi connectivity index (χ1v) is 7.09. The highest BCUT2D eigenvalue weighted by Gasteiger charge is 2.39. The van der Waals surface area contributed by atoms with E-state index in [0.29, 0.717) is 5.41 Å². The molecule has 0 aromatic carbocycles. The first-order chi connectivity index (χ1) is 7.63. The van der Waals surface area contributed by atoms with Crippen LogP contribution in [0.3, 0.4) is 0 Å². The molecule has 2 nitrogen and oxygen atoms in total. The summed E-state index contributed by atoms with van der Waals surface area (Å²) in [6.45, 7) is 12.3. The van der Waals surface area contributed by atoms with Crippen molar-refractivity contribution in [3.63, 3.8) is 0 Å². The minimum absolute atomic E-state index is 0.671. The summed E-state index contributed by atoms with van der Waals surface area (Å²) in [6, 6.07) is 0.717. The summed E-state index contributed by atoms with van der Waals surface area (Å²) < 4.78 is 0. The smallest absolute Gasteiger partial charge is 0.0220 e. The molecule has 2 rings (SSSR count). The Kier molecular flexibility index (Phi) is 3.91. The van der Waals surface area contributed by atoms with E-state index in [1.54, 1.807) is 0 Å². The van der Waals surface area contributed by atoms with Gasteiger partial charge in [-0.2, -0.15) is 0 Å². The molecular weight excluding hydrogens is 196 g/mol. The molecule has 0 amide bonds. The van der Waals surface area contributed by atoms with Crippen molar-refractivity contribution in [3.05, 3.63) is 0 Å². The lowest BCUT2D eigenvalue weighted by atomic mass is 9.98. The average molecular weight is 224 g/mol. The van der Waals surface area contributed by atoms with Crippen LogP contribution >= 0.6 is 0 Å². The molecule has 0 aromatic heterocycles. The van der Waals surface area contributed by atoms with Crippen LogP contribution in [0.2, 0.25) is 0 Å². The summed E-state index contributed by atoms with van der Waals surface area (Å²) in [7, 11) is 0. The molecule has 2 fully saturated rings. The number of nitrogens with one attached hydrogen (secondary N) is 1. The summed E-state index contributed by atoms with van der Waals surface area (Å²) in [4.78, 5) is 2.71. The second-order valence-corrected chi connectivity index (χ2v) is 6.35. The molecule has 1 aliphatic heterocycles. The van der Waals surface area contributed by atoms with Gasteiger partial charge in [-0.3, -0.25) is 0 Å². The van der Waals surface area contributed by atoms with Gasteiger partial charge in [0.25, 0.3) is 0 Å². The maximum absolute atomic E-state index is 3.73. The third-order valence-corrected chi connectivity index (χ3v) is 4.55. The van der Waals surface area contributed by atoms with Crippen LogP contribution in [0.15, 0.2) is 0 Å². The van der Waals surface area contributed by atoms with Crippen molar-refractivity contribution in [2.75, 3.05) is 26.2 Å². The fourth-order valence-electron chi connectivity index (χ4n) is 2.74. The molecule has 0 aromatic rings. The largest absolute Gasteiger partial charge is 0.312 e. The van der Waals surface area contributed by atoms with E-state index in [0.717, 1.165) is 12.0 Å². The van der Waals surface area contributed by atoms with Crippen molar-refractivity contribution >= 4 is 0 Å². The van der Waals surface area contributed by atoms with Gasteiger partial charge in [0.05, 0.1) is 0 Å². The maximum atomic E-state index is 3.73. The highest BCUT2D eigenvalue weighted by Crippen LogP contribution is 2.45. The van der Waals surface area contributed by atoms with Gasteiger partial charge in [0, 0.05) is 19.1 Å². The number of nitrogens with zero attached hydrogens (tertiary/aromatic N) is 1. The van der Waals surface area contributed by atoms with Crippen LogP contribution in [0, 0.1) is 11.3 Å². The van der Waals surface area contributed by atoms with E-state index in [4.69, 9.17) is 0 Å². The van der Waals surface area contributed by atoms with Gasteiger partial charge in [-0.15, -0.1) is 0 Å². The van der Waals surface area contributed by atoms with Crippen LogP contribution in [0.4, 0.5) is 0 Å². The SMILES string of the molecule is CCC(C)C1CN(CC2(C)CC2)CCCN1. The Morgan fingerprint density at radius 1 is 1.44 bits per heavy atom.